The van der Waals surface area contributed by atoms with E-state index in [9.17, 15) is 9.90 Å². The summed E-state index contributed by atoms with van der Waals surface area (Å²) in [5.74, 6) is 1.21. The Morgan fingerprint density at radius 2 is 2.23 bits per heavy atom. The molecule has 1 aliphatic heterocycles. The average Bonchev–Trinajstić information content (AvgIpc) is 2.99. The summed E-state index contributed by atoms with van der Waals surface area (Å²) < 4.78 is 0. The number of aromatic amines is 1. The van der Waals surface area contributed by atoms with E-state index < -0.39 is 0 Å². The molecule has 0 aliphatic carbocycles. The van der Waals surface area contributed by atoms with E-state index in [-0.39, 0.29) is 24.9 Å². The molecule has 1 fully saturated rings. The number of aliphatic hydroxyl groups is 1. The van der Waals surface area contributed by atoms with Crippen molar-refractivity contribution in [1.82, 2.24) is 30.0 Å². The molecule has 2 atom stereocenters. The van der Waals surface area contributed by atoms with Crippen LogP contribution in [0.5, 0.6) is 0 Å². The fourth-order valence-electron chi connectivity index (χ4n) is 3.28. The second-order valence-electron chi connectivity index (χ2n) is 7.07. The summed E-state index contributed by atoms with van der Waals surface area (Å²) in [6.45, 7) is 1.37. The molecule has 1 amide bonds. The minimum atomic E-state index is 0.00564. The number of aromatic nitrogens is 4. The van der Waals surface area contributed by atoms with E-state index in [1.807, 2.05) is 31.1 Å². The van der Waals surface area contributed by atoms with Crippen LogP contribution in [0.3, 0.4) is 0 Å². The van der Waals surface area contributed by atoms with Crippen molar-refractivity contribution >= 4 is 5.91 Å². The molecule has 0 spiro atoms. The van der Waals surface area contributed by atoms with Crippen LogP contribution < -0.4 is 0 Å². The smallest absolute Gasteiger partial charge is 0.230 e. The molecule has 3 heterocycles. The van der Waals surface area contributed by atoms with Gasteiger partial charge in [0.25, 0.3) is 0 Å². The van der Waals surface area contributed by atoms with Crippen LogP contribution in [0.1, 0.15) is 18.7 Å². The first kappa shape index (κ1) is 18.5. The van der Waals surface area contributed by atoms with Gasteiger partial charge >= 0.3 is 0 Å². The van der Waals surface area contributed by atoms with Crippen LogP contribution in [-0.2, 0) is 11.2 Å². The number of H-pyrrole nitrogens is 1. The van der Waals surface area contributed by atoms with Crippen LogP contribution in [0, 0.1) is 5.92 Å². The van der Waals surface area contributed by atoms with Gasteiger partial charge in [-0.25, -0.2) is 4.98 Å². The SMILES string of the molecule is CN(C)[C@@H]1CC[C@H](CO)CN(C(=O)Cc2nc(-c3cccnc3)n[nH]2)C1. The number of likely N-dealkylation sites (tertiary alicyclic amines) is 1. The quantitative estimate of drug-likeness (QED) is 0.811. The summed E-state index contributed by atoms with van der Waals surface area (Å²) in [6.07, 6.45) is 5.47. The minimum Gasteiger partial charge on any atom is -0.396 e. The van der Waals surface area contributed by atoms with Crippen molar-refractivity contribution in [2.45, 2.75) is 25.3 Å². The number of amides is 1. The maximum absolute atomic E-state index is 12.8. The lowest BCUT2D eigenvalue weighted by Gasteiger charge is -2.28. The summed E-state index contributed by atoms with van der Waals surface area (Å²) in [5, 5.41) is 16.6. The number of aliphatic hydroxyl groups excluding tert-OH is 1. The van der Waals surface area contributed by atoms with Crippen molar-refractivity contribution in [3.05, 3.63) is 30.4 Å². The lowest BCUT2D eigenvalue weighted by atomic mass is 10.0. The first-order valence-electron chi connectivity index (χ1n) is 8.93. The molecule has 8 heteroatoms. The van der Waals surface area contributed by atoms with Crippen molar-refractivity contribution < 1.29 is 9.90 Å². The lowest BCUT2D eigenvalue weighted by Crippen LogP contribution is -2.43. The lowest BCUT2D eigenvalue weighted by molar-refractivity contribution is -0.131. The molecular weight excluding hydrogens is 332 g/mol. The molecule has 0 bridgehead atoms. The number of pyridine rings is 1. The van der Waals surface area contributed by atoms with Gasteiger partial charge in [0.05, 0.1) is 6.42 Å². The number of nitrogens with zero attached hydrogens (tertiary/aromatic N) is 5. The summed E-state index contributed by atoms with van der Waals surface area (Å²) in [7, 11) is 4.06. The van der Waals surface area contributed by atoms with E-state index in [1.54, 1.807) is 12.4 Å². The topological polar surface area (TPSA) is 98.2 Å². The molecule has 26 heavy (non-hydrogen) atoms. The number of rotatable bonds is 5. The van der Waals surface area contributed by atoms with E-state index in [1.165, 1.54) is 0 Å². The zero-order valence-electron chi connectivity index (χ0n) is 15.3. The van der Waals surface area contributed by atoms with E-state index in [2.05, 4.69) is 25.1 Å². The predicted molar refractivity (Wildman–Crippen MR) is 97.2 cm³/mol. The van der Waals surface area contributed by atoms with E-state index >= 15 is 0 Å². The zero-order valence-corrected chi connectivity index (χ0v) is 15.3. The third-order valence-corrected chi connectivity index (χ3v) is 4.93. The van der Waals surface area contributed by atoms with Crippen molar-refractivity contribution in [2.24, 2.45) is 5.92 Å². The Balaban J connectivity index is 1.69. The normalized spacial score (nSPS) is 21.0. The van der Waals surface area contributed by atoms with Crippen molar-refractivity contribution in [3.8, 4) is 11.4 Å². The molecule has 1 aliphatic rings. The number of nitrogens with one attached hydrogen (secondary N) is 1. The molecule has 0 saturated carbocycles. The van der Waals surface area contributed by atoms with Gasteiger partial charge in [0.15, 0.2) is 5.82 Å². The second kappa shape index (κ2) is 8.37. The highest BCUT2D eigenvalue weighted by Gasteiger charge is 2.28. The van der Waals surface area contributed by atoms with E-state index in [0.29, 0.717) is 30.8 Å². The van der Waals surface area contributed by atoms with Crippen molar-refractivity contribution in [3.63, 3.8) is 0 Å². The first-order chi connectivity index (χ1) is 12.6. The van der Waals surface area contributed by atoms with Crippen LogP contribution in [0.25, 0.3) is 11.4 Å². The Morgan fingerprint density at radius 1 is 1.38 bits per heavy atom. The summed E-state index contributed by atoms with van der Waals surface area (Å²) in [4.78, 5) is 25.3. The Kier molecular flexibility index (Phi) is 5.95. The largest absolute Gasteiger partial charge is 0.396 e. The van der Waals surface area contributed by atoms with Crippen LogP contribution in [-0.4, -0.2) is 80.8 Å². The second-order valence-corrected chi connectivity index (χ2v) is 7.07. The molecule has 0 radical (unpaired) electrons. The van der Waals surface area contributed by atoms with Gasteiger partial charge in [-0.2, -0.15) is 5.10 Å². The molecule has 1 saturated heterocycles. The number of likely N-dealkylation sites (N-methyl/N-ethyl adjacent to an activating group) is 1. The highest BCUT2D eigenvalue weighted by Crippen LogP contribution is 2.20. The third-order valence-electron chi connectivity index (χ3n) is 4.93. The monoisotopic (exact) mass is 358 g/mol. The maximum atomic E-state index is 12.8. The van der Waals surface area contributed by atoms with Crippen LogP contribution in [0.2, 0.25) is 0 Å². The van der Waals surface area contributed by atoms with Gasteiger partial charge < -0.3 is 14.9 Å². The zero-order chi connectivity index (χ0) is 18.5. The molecule has 8 nitrogen and oxygen atoms in total. The van der Waals surface area contributed by atoms with Crippen LogP contribution >= 0.6 is 0 Å². The molecule has 140 valence electrons. The van der Waals surface area contributed by atoms with Gasteiger partial charge in [0, 0.05) is 43.7 Å². The molecule has 2 N–H and O–H groups in total. The number of carbonyl (C=O) groups is 1. The Labute approximate surface area is 153 Å². The van der Waals surface area contributed by atoms with Gasteiger partial charge in [0.1, 0.15) is 5.82 Å². The van der Waals surface area contributed by atoms with Gasteiger partial charge in [-0.1, -0.05) is 0 Å². The fourth-order valence-corrected chi connectivity index (χ4v) is 3.28. The van der Waals surface area contributed by atoms with Crippen molar-refractivity contribution in [2.75, 3.05) is 33.8 Å². The first-order valence-corrected chi connectivity index (χ1v) is 8.93. The average molecular weight is 358 g/mol. The summed E-state index contributed by atoms with van der Waals surface area (Å²) in [5.41, 5.74) is 0.810. The Morgan fingerprint density at radius 3 is 2.92 bits per heavy atom. The molecule has 2 aromatic heterocycles. The Hall–Kier alpha value is -2.32. The van der Waals surface area contributed by atoms with Gasteiger partial charge in [0.2, 0.25) is 5.91 Å². The summed E-state index contributed by atoms with van der Waals surface area (Å²) in [6, 6.07) is 4.00. The maximum Gasteiger partial charge on any atom is 0.230 e. The van der Waals surface area contributed by atoms with E-state index in [4.69, 9.17) is 0 Å². The number of hydrogen-bond donors (Lipinski definition) is 2. The third kappa shape index (κ3) is 4.44. The van der Waals surface area contributed by atoms with Gasteiger partial charge in [-0.05, 0) is 45.0 Å². The highest BCUT2D eigenvalue weighted by molar-refractivity contribution is 5.78. The fraction of sp³-hybridized carbons (Fsp3) is 0.556. The molecule has 3 rings (SSSR count). The molecule has 0 unspecified atom stereocenters. The predicted octanol–water partition coefficient (Wildman–Crippen LogP) is 0.570. The van der Waals surface area contributed by atoms with Crippen LogP contribution in [0.15, 0.2) is 24.5 Å². The van der Waals surface area contributed by atoms with Gasteiger partial charge in [-0.3, -0.25) is 14.9 Å². The molecule has 2 aromatic rings. The summed E-state index contributed by atoms with van der Waals surface area (Å²) >= 11 is 0. The van der Waals surface area contributed by atoms with Crippen LogP contribution in [0.4, 0.5) is 0 Å². The van der Waals surface area contributed by atoms with Gasteiger partial charge in [-0.15, -0.1) is 0 Å². The van der Waals surface area contributed by atoms with E-state index in [0.717, 1.165) is 18.4 Å². The molecular formula is C18H26N6O2. The molecule has 0 aromatic carbocycles. The Bertz CT molecular complexity index is 717. The standard InChI is InChI=1S/C18H26N6O2/c1-23(2)15-6-5-13(12-25)10-24(11-15)17(26)8-16-20-18(22-21-16)14-4-3-7-19-9-14/h3-4,7,9,13,15,25H,5-6,8,10-12H2,1-2H3,(H,20,21,22)/t13-,15+/m0/s1. The number of carbonyl (C=O) groups excluding carboxylic acids is 1. The highest BCUT2D eigenvalue weighted by atomic mass is 16.3. The minimum absolute atomic E-state index is 0.00564. The van der Waals surface area contributed by atoms with Crippen molar-refractivity contribution in [1.29, 1.82) is 0 Å². The number of hydrogen-bond acceptors (Lipinski definition) is 6.